The van der Waals surface area contributed by atoms with Gasteiger partial charge in [0.2, 0.25) is 0 Å². The average molecular weight is 338 g/mol. The summed E-state index contributed by atoms with van der Waals surface area (Å²) in [6, 6.07) is 7.62. The minimum absolute atomic E-state index is 0.165. The summed E-state index contributed by atoms with van der Waals surface area (Å²) in [6.07, 6.45) is 3.40. The van der Waals surface area contributed by atoms with E-state index in [1.165, 1.54) is 12.8 Å². The van der Waals surface area contributed by atoms with Crippen molar-refractivity contribution in [3.63, 3.8) is 0 Å². The van der Waals surface area contributed by atoms with Crippen LogP contribution in [0.4, 0.5) is 10.5 Å². The van der Waals surface area contributed by atoms with E-state index < -0.39 is 10.8 Å². The zero-order valence-electron chi connectivity index (χ0n) is 13.8. The molecule has 2 rings (SSSR count). The van der Waals surface area contributed by atoms with Crippen molar-refractivity contribution in [2.45, 2.75) is 38.0 Å². The zero-order chi connectivity index (χ0) is 16.7. The normalized spacial score (nSPS) is 21.8. The van der Waals surface area contributed by atoms with Crippen LogP contribution in [-0.4, -0.2) is 35.8 Å². The lowest BCUT2D eigenvalue weighted by atomic mass is 10.1. The summed E-state index contributed by atoms with van der Waals surface area (Å²) in [5.74, 6) is 1.53. The number of carbonyl (C=O) groups is 1. The van der Waals surface area contributed by atoms with Crippen LogP contribution in [0.3, 0.4) is 0 Å². The summed E-state index contributed by atoms with van der Waals surface area (Å²) >= 11 is 0. The van der Waals surface area contributed by atoms with E-state index in [0.717, 1.165) is 17.7 Å². The van der Waals surface area contributed by atoms with Crippen molar-refractivity contribution in [2.24, 2.45) is 5.92 Å². The maximum Gasteiger partial charge on any atom is 0.319 e. The number of benzene rings is 1. The van der Waals surface area contributed by atoms with Crippen molar-refractivity contribution >= 4 is 22.5 Å². The van der Waals surface area contributed by atoms with E-state index in [9.17, 15) is 9.00 Å². The molecule has 0 heterocycles. The molecule has 23 heavy (non-hydrogen) atoms. The van der Waals surface area contributed by atoms with Gasteiger partial charge in [-0.3, -0.25) is 4.21 Å². The molecule has 0 bridgehead atoms. The molecule has 1 aliphatic rings. The maximum absolute atomic E-state index is 12.1. The maximum atomic E-state index is 12.1. The molecule has 0 radical (unpaired) electrons. The minimum Gasteiger partial charge on any atom is -0.384 e. The van der Waals surface area contributed by atoms with Gasteiger partial charge in [-0.05, 0) is 36.5 Å². The number of ether oxygens (including phenoxy) is 1. The fraction of sp³-hybridized carbons (Fsp3) is 0.588. The molecule has 0 unspecified atom stereocenters. The highest BCUT2D eigenvalue weighted by molar-refractivity contribution is 7.84. The molecule has 1 aromatic rings. The fourth-order valence-corrected chi connectivity index (χ4v) is 3.92. The third kappa shape index (κ3) is 5.95. The summed E-state index contributed by atoms with van der Waals surface area (Å²) in [7, 11) is 0.649. The summed E-state index contributed by atoms with van der Waals surface area (Å²) < 4.78 is 16.8. The Labute approximate surface area is 140 Å². The Morgan fingerprint density at radius 2 is 2.22 bits per heavy atom. The van der Waals surface area contributed by atoms with Crippen LogP contribution in [0.2, 0.25) is 0 Å². The fourth-order valence-electron chi connectivity index (χ4n) is 2.87. The Bertz CT molecular complexity index is 550. The Hall–Kier alpha value is -1.40. The molecular weight excluding hydrogens is 312 g/mol. The van der Waals surface area contributed by atoms with Crippen molar-refractivity contribution in [3.05, 3.63) is 29.8 Å². The number of rotatable bonds is 7. The van der Waals surface area contributed by atoms with Crippen LogP contribution in [-0.2, 0) is 21.3 Å². The van der Waals surface area contributed by atoms with Gasteiger partial charge in [0, 0.05) is 41.1 Å². The monoisotopic (exact) mass is 338 g/mol. The van der Waals surface area contributed by atoms with Crippen molar-refractivity contribution in [2.75, 3.05) is 24.8 Å². The highest BCUT2D eigenvalue weighted by Gasteiger charge is 2.24. The number of carbonyl (C=O) groups excluding carboxylic acids is 1. The van der Waals surface area contributed by atoms with Crippen molar-refractivity contribution < 1.29 is 13.7 Å². The first-order chi connectivity index (χ1) is 11.1. The SMILES string of the molecule is COCC[S@@](=O)Cc1cccc(NC(=O)N[C@H]2CCC[C@@H]2C)c1. The number of hydrogen-bond donors (Lipinski definition) is 2. The van der Waals surface area contributed by atoms with Crippen LogP contribution in [0, 0.1) is 5.92 Å². The molecule has 6 heteroatoms. The van der Waals surface area contributed by atoms with Gasteiger partial charge in [0.15, 0.2) is 0 Å². The lowest BCUT2D eigenvalue weighted by Gasteiger charge is -2.18. The van der Waals surface area contributed by atoms with Gasteiger partial charge >= 0.3 is 6.03 Å². The van der Waals surface area contributed by atoms with Gasteiger partial charge < -0.3 is 15.4 Å². The van der Waals surface area contributed by atoms with Crippen molar-refractivity contribution in [3.8, 4) is 0 Å². The first kappa shape index (κ1) is 17.9. The van der Waals surface area contributed by atoms with E-state index in [0.29, 0.717) is 24.0 Å². The molecular formula is C17H26N2O3S. The summed E-state index contributed by atoms with van der Waals surface area (Å²) in [4.78, 5) is 12.1. The first-order valence-corrected chi connectivity index (χ1v) is 9.57. The standard InChI is InChI=1S/C17H26N2O3S/c1-13-5-3-8-16(13)19-17(20)18-15-7-4-6-14(11-15)12-23(21)10-9-22-2/h4,6-7,11,13,16H,3,5,8-10,12H2,1-2H3,(H2,18,19,20)/t13-,16-,23+/m0/s1. The highest BCUT2D eigenvalue weighted by atomic mass is 32.2. The molecule has 2 amide bonds. The van der Waals surface area contributed by atoms with Gasteiger partial charge in [0.25, 0.3) is 0 Å². The van der Waals surface area contributed by atoms with E-state index in [1.807, 2.05) is 24.3 Å². The number of anilines is 1. The summed E-state index contributed by atoms with van der Waals surface area (Å²) in [5.41, 5.74) is 1.68. The third-order valence-corrected chi connectivity index (χ3v) is 5.48. The Kier molecular flexibility index (Phi) is 7.05. The highest BCUT2D eigenvalue weighted by Crippen LogP contribution is 2.24. The van der Waals surface area contributed by atoms with E-state index in [4.69, 9.17) is 4.74 Å². The van der Waals surface area contributed by atoms with E-state index in [2.05, 4.69) is 17.6 Å². The van der Waals surface area contributed by atoms with Gasteiger partial charge in [0.1, 0.15) is 0 Å². The molecule has 1 saturated carbocycles. The second-order valence-corrected chi connectivity index (χ2v) is 7.67. The van der Waals surface area contributed by atoms with Crippen LogP contribution >= 0.6 is 0 Å². The number of urea groups is 1. The second-order valence-electron chi connectivity index (χ2n) is 6.09. The van der Waals surface area contributed by atoms with E-state index in [-0.39, 0.29) is 12.1 Å². The lowest BCUT2D eigenvalue weighted by molar-refractivity contribution is 0.218. The predicted octanol–water partition coefficient (Wildman–Crippen LogP) is 2.89. The molecule has 0 spiro atoms. The average Bonchev–Trinajstić information content (AvgIpc) is 2.90. The largest absolute Gasteiger partial charge is 0.384 e. The smallest absolute Gasteiger partial charge is 0.319 e. The van der Waals surface area contributed by atoms with Crippen LogP contribution in [0.25, 0.3) is 0 Å². The van der Waals surface area contributed by atoms with Gasteiger partial charge in [-0.25, -0.2) is 4.79 Å². The molecule has 5 nitrogen and oxygen atoms in total. The van der Waals surface area contributed by atoms with Crippen LogP contribution in [0.1, 0.15) is 31.7 Å². The first-order valence-electron chi connectivity index (χ1n) is 8.09. The molecule has 2 N–H and O–H groups in total. The zero-order valence-corrected chi connectivity index (χ0v) is 14.7. The van der Waals surface area contributed by atoms with Gasteiger partial charge in [-0.1, -0.05) is 25.5 Å². The topological polar surface area (TPSA) is 67.4 Å². The molecule has 0 saturated heterocycles. The molecule has 1 fully saturated rings. The molecule has 1 aliphatic carbocycles. The molecule has 128 valence electrons. The molecule has 1 aromatic carbocycles. The van der Waals surface area contributed by atoms with E-state index >= 15 is 0 Å². The Morgan fingerprint density at radius 1 is 1.39 bits per heavy atom. The third-order valence-electron chi connectivity index (χ3n) is 4.21. The second kappa shape index (κ2) is 9.03. The predicted molar refractivity (Wildman–Crippen MR) is 94.0 cm³/mol. The van der Waals surface area contributed by atoms with E-state index in [1.54, 1.807) is 7.11 Å². The quantitative estimate of drug-likeness (QED) is 0.803. The van der Waals surface area contributed by atoms with Crippen LogP contribution in [0.15, 0.2) is 24.3 Å². The van der Waals surface area contributed by atoms with Gasteiger partial charge in [-0.2, -0.15) is 0 Å². The van der Waals surface area contributed by atoms with Crippen molar-refractivity contribution in [1.29, 1.82) is 0 Å². The van der Waals surface area contributed by atoms with Gasteiger partial charge in [-0.15, -0.1) is 0 Å². The number of amides is 2. The van der Waals surface area contributed by atoms with Crippen LogP contribution < -0.4 is 10.6 Å². The van der Waals surface area contributed by atoms with Crippen molar-refractivity contribution in [1.82, 2.24) is 5.32 Å². The van der Waals surface area contributed by atoms with Crippen LogP contribution in [0.5, 0.6) is 0 Å². The molecule has 3 atom stereocenters. The summed E-state index contributed by atoms with van der Waals surface area (Å²) in [6.45, 7) is 2.67. The summed E-state index contributed by atoms with van der Waals surface area (Å²) in [5, 5.41) is 5.91. The Balaban J connectivity index is 1.86. The molecule has 0 aliphatic heterocycles. The molecule has 0 aromatic heterocycles. The van der Waals surface area contributed by atoms with Gasteiger partial charge in [0.05, 0.1) is 6.61 Å². The number of hydrogen-bond acceptors (Lipinski definition) is 3. The number of nitrogens with one attached hydrogen (secondary N) is 2. The Morgan fingerprint density at radius 3 is 2.91 bits per heavy atom. The minimum atomic E-state index is -0.954. The number of methoxy groups -OCH3 is 1. The lowest BCUT2D eigenvalue weighted by Crippen LogP contribution is -2.39.